The van der Waals surface area contributed by atoms with Crippen LogP contribution < -0.4 is 5.32 Å². The number of amides is 2. The van der Waals surface area contributed by atoms with Crippen LogP contribution in [0.4, 0.5) is 4.39 Å². The van der Waals surface area contributed by atoms with E-state index in [1.807, 2.05) is 30.3 Å². The van der Waals surface area contributed by atoms with E-state index in [0.29, 0.717) is 17.8 Å². The fraction of sp³-hybridized carbons (Fsp3) is 0.238. The lowest BCUT2D eigenvalue weighted by Gasteiger charge is -2.17. The SMILES string of the molecule is Cc1cc(F)cc2[nH]c(C(=O)NCCC(=O)N(C)Cc3ccccc3)cc12. The van der Waals surface area contributed by atoms with Crippen molar-refractivity contribution in [2.75, 3.05) is 13.6 Å². The number of aryl methyl sites for hydroxylation is 1. The Labute approximate surface area is 157 Å². The van der Waals surface area contributed by atoms with Gasteiger partial charge in [-0.05, 0) is 36.2 Å². The van der Waals surface area contributed by atoms with Crippen LogP contribution in [0.5, 0.6) is 0 Å². The lowest BCUT2D eigenvalue weighted by Crippen LogP contribution is -2.32. The number of halogens is 1. The molecule has 6 heteroatoms. The van der Waals surface area contributed by atoms with Gasteiger partial charge in [0.05, 0.1) is 0 Å². The quantitative estimate of drug-likeness (QED) is 0.701. The molecule has 0 spiro atoms. The lowest BCUT2D eigenvalue weighted by atomic mass is 10.1. The van der Waals surface area contributed by atoms with Crippen LogP contribution in [-0.2, 0) is 11.3 Å². The van der Waals surface area contributed by atoms with Crippen molar-refractivity contribution < 1.29 is 14.0 Å². The smallest absolute Gasteiger partial charge is 0.267 e. The van der Waals surface area contributed by atoms with Crippen molar-refractivity contribution in [1.29, 1.82) is 0 Å². The maximum Gasteiger partial charge on any atom is 0.267 e. The van der Waals surface area contributed by atoms with Crippen molar-refractivity contribution in [3.05, 3.63) is 71.2 Å². The number of carbonyl (C=O) groups excluding carboxylic acids is 2. The fourth-order valence-corrected chi connectivity index (χ4v) is 3.01. The summed E-state index contributed by atoms with van der Waals surface area (Å²) in [6.45, 7) is 2.56. The summed E-state index contributed by atoms with van der Waals surface area (Å²) in [5.74, 6) is -0.709. The van der Waals surface area contributed by atoms with Gasteiger partial charge in [-0.2, -0.15) is 0 Å². The maximum atomic E-state index is 13.5. The summed E-state index contributed by atoms with van der Waals surface area (Å²) in [4.78, 5) is 29.1. The normalized spacial score (nSPS) is 10.8. The summed E-state index contributed by atoms with van der Waals surface area (Å²) in [6, 6.07) is 14.2. The van der Waals surface area contributed by atoms with E-state index in [1.165, 1.54) is 12.1 Å². The van der Waals surface area contributed by atoms with E-state index in [0.717, 1.165) is 16.5 Å². The zero-order valence-corrected chi connectivity index (χ0v) is 15.4. The second kappa shape index (κ2) is 8.03. The number of fused-ring (bicyclic) bond motifs is 1. The number of carbonyl (C=O) groups is 2. The third kappa shape index (κ3) is 4.53. The molecule has 0 saturated heterocycles. The minimum absolute atomic E-state index is 0.0475. The first-order valence-electron chi connectivity index (χ1n) is 8.79. The second-order valence-corrected chi connectivity index (χ2v) is 6.61. The van der Waals surface area contributed by atoms with E-state index in [4.69, 9.17) is 0 Å². The van der Waals surface area contributed by atoms with Gasteiger partial charge in [0.1, 0.15) is 11.5 Å². The van der Waals surface area contributed by atoms with Gasteiger partial charge >= 0.3 is 0 Å². The van der Waals surface area contributed by atoms with E-state index in [-0.39, 0.29) is 30.6 Å². The minimum atomic E-state index is -0.346. The summed E-state index contributed by atoms with van der Waals surface area (Å²) in [6.07, 6.45) is 0.211. The highest BCUT2D eigenvalue weighted by Gasteiger charge is 2.13. The van der Waals surface area contributed by atoms with Gasteiger partial charge in [0.25, 0.3) is 5.91 Å². The molecule has 0 saturated carbocycles. The van der Waals surface area contributed by atoms with Crippen molar-refractivity contribution in [2.24, 2.45) is 0 Å². The number of hydrogen-bond donors (Lipinski definition) is 2. The largest absolute Gasteiger partial charge is 0.350 e. The first-order valence-corrected chi connectivity index (χ1v) is 8.79. The van der Waals surface area contributed by atoms with Gasteiger partial charge in [0, 0.05) is 37.5 Å². The first kappa shape index (κ1) is 18.6. The molecule has 0 atom stereocenters. The number of nitrogens with one attached hydrogen (secondary N) is 2. The molecule has 27 heavy (non-hydrogen) atoms. The predicted molar refractivity (Wildman–Crippen MR) is 103 cm³/mol. The number of nitrogens with zero attached hydrogens (tertiary/aromatic N) is 1. The van der Waals surface area contributed by atoms with Crippen molar-refractivity contribution >= 4 is 22.7 Å². The van der Waals surface area contributed by atoms with Crippen LogP contribution in [0.3, 0.4) is 0 Å². The van der Waals surface area contributed by atoms with Crippen LogP contribution in [0.2, 0.25) is 0 Å². The van der Waals surface area contributed by atoms with Crippen LogP contribution >= 0.6 is 0 Å². The molecule has 0 aliphatic heterocycles. The number of H-pyrrole nitrogens is 1. The molecule has 2 N–H and O–H groups in total. The molecule has 0 bridgehead atoms. The number of aromatic amines is 1. The number of benzene rings is 2. The summed E-state index contributed by atoms with van der Waals surface area (Å²) < 4.78 is 13.5. The third-order valence-corrected chi connectivity index (χ3v) is 4.47. The number of hydrogen-bond acceptors (Lipinski definition) is 2. The van der Waals surface area contributed by atoms with Crippen molar-refractivity contribution in [1.82, 2.24) is 15.2 Å². The van der Waals surface area contributed by atoms with Gasteiger partial charge in [-0.25, -0.2) is 4.39 Å². The molecule has 0 fully saturated rings. The number of aromatic nitrogens is 1. The van der Waals surface area contributed by atoms with Gasteiger partial charge in [-0.3, -0.25) is 9.59 Å². The standard InChI is InChI=1S/C21H22FN3O2/c1-14-10-16(22)11-18-17(14)12-19(24-18)21(27)23-9-8-20(26)25(2)13-15-6-4-3-5-7-15/h3-7,10-12,24H,8-9,13H2,1-2H3,(H,23,27). The Bertz CT molecular complexity index is 966. The molecule has 3 aromatic rings. The van der Waals surface area contributed by atoms with Crippen LogP contribution in [0.1, 0.15) is 28.0 Å². The van der Waals surface area contributed by atoms with Crippen LogP contribution in [0, 0.1) is 12.7 Å². The highest BCUT2D eigenvalue weighted by atomic mass is 19.1. The average Bonchev–Trinajstić information content (AvgIpc) is 3.06. The lowest BCUT2D eigenvalue weighted by molar-refractivity contribution is -0.130. The molecule has 0 aliphatic rings. The molecule has 2 aromatic carbocycles. The van der Waals surface area contributed by atoms with Crippen molar-refractivity contribution in [2.45, 2.75) is 19.9 Å². The van der Waals surface area contributed by atoms with Crippen LogP contribution in [0.25, 0.3) is 10.9 Å². The summed E-state index contributed by atoms with van der Waals surface area (Å²) in [5, 5.41) is 3.54. The Hall–Kier alpha value is -3.15. The zero-order chi connectivity index (χ0) is 19.4. The molecular formula is C21H22FN3O2. The molecule has 3 rings (SSSR count). The maximum absolute atomic E-state index is 13.5. The molecule has 1 aromatic heterocycles. The Morgan fingerprint density at radius 3 is 2.63 bits per heavy atom. The van der Waals surface area contributed by atoms with Crippen LogP contribution in [-0.4, -0.2) is 35.3 Å². The predicted octanol–water partition coefficient (Wildman–Crippen LogP) is 3.39. The fourth-order valence-electron chi connectivity index (χ4n) is 3.01. The van der Waals surface area contributed by atoms with E-state index in [2.05, 4.69) is 10.3 Å². The molecule has 2 amide bonds. The molecule has 5 nitrogen and oxygen atoms in total. The molecule has 1 heterocycles. The van der Waals surface area contributed by atoms with E-state index < -0.39 is 0 Å². The van der Waals surface area contributed by atoms with Gasteiger partial charge in [-0.1, -0.05) is 30.3 Å². The van der Waals surface area contributed by atoms with Gasteiger partial charge in [-0.15, -0.1) is 0 Å². The Balaban J connectivity index is 1.53. The van der Waals surface area contributed by atoms with E-state index in [1.54, 1.807) is 24.9 Å². The van der Waals surface area contributed by atoms with Crippen LogP contribution in [0.15, 0.2) is 48.5 Å². The second-order valence-electron chi connectivity index (χ2n) is 6.61. The highest BCUT2D eigenvalue weighted by Crippen LogP contribution is 2.21. The topological polar surface area (TPSA) is 65.2 Å². The molecule has 0 radical (unpaired) electrons. The molecular weight excluding hydrogens is 345 g/mol. The summed E-state index contributed by atoms with van der Waals surface area (Å²) >= 11 is 0. The Morgan fingerprint density at radius 1 is 1.15 bits per heavy atom. The monoisotopic (exact) mass is 367 g/mol. The minimum Gasteiger partial charge on any atom is -0.350 e. The molecule has 0 aliphatic carbocycles. The molecule has 140 valence electrons. The highest BCUT2D eigenvalue weighted by molar-refractivity contribution is 5.99. The van der Waals surface area contributed by atoms with E-state index >= 15 is 0 Å². The summed E-state index contributed by atoms with van der Waals surface area (Å²) in [5.41, 5.74) is 2.75. The Kier molecular flexibility index (Phi) is 5.54. The van der Waals surface area contributed by atoms with Gasteiger partial charge in [0.2, 0.25) is 5.91 Å². The van der Waals surface area contributed by atoms with E-state index in [9.17, 15) is 14.0 Å². The molecule has 0 unspecified atom stereocenters. The van der Waals surface area contributed by atoms with Crippen molar-refractivity contribution in [3.8, 4) is 0 Å². The first-order chi connectivity index (χ1) is 12.9. The number of rotatable bonds is 6. The average molecular weight is 367 g/mol. The Morgan fingerprint density at radius 2 is 1.89 bits per heavy atom. The van der Waals surface area contributed by atoms with Gasteiger partial charge in [0.15, 0.2) is 0 Å². The van der Waals surface area contributed by atoms with Gasteiger partial charge < -0.3 is 15.2 Å². The summed E-state index contributed by atoms with van der Waals surface area (Å²) in [7, 11) is 1.74. The van der Waals surface area contributed by atoms with Crippen molar-refractivity contribution in [3.63, 3.8) is 0 Å². The third-order valence-electron chi connectivity index (χ3n) is 4.47. The zero-order valence-electron chi connectivity index (χ0n) is 15.4.